The van der Waals surface area contributed by atoms with Crippen LogP contribution in [0.5, 0.6) is 0 Å². The van der Waals surface area contributed by atoms with E-state index < -0.39 is 11.6 Å². The minimum absolute atomic E-state index is 0.109. The monoisotopic (exact) mass is 408 g/mol. The van der Waals surface area contributed by atoms with Crippen molar-refractivity contribution in [3.05, 3.63) is 54.6 Å². The molecule has 0 aliphatic rings. The Bertz CT molecular complexity index is 958. The van der Waals surface area contributed by atoms with E-state index in [9.17, 15) is 13.6 Å². The van der Waals surface area contributed by atoms with Crippen LogP contribution in [-0.2, 0) is 11.2 Å². The summed E-state index contributed by atoms with van der Waals surface area (Å²) in [6.07, 6.45) is 3.44. The second-order valence-electron chi connectivity index (χ2n) is 5.26. The van der Waals surface area contributed by atoms with E-state index in [4.69, 9.17) is 4.42 Å². The van der Waals surface area contributed by atoms with Crippen LogP contribution >= 0.6 is 23.1 Å². The molecule has 2 aromatic heterocycles. The van der Waals surface area contributed by atoms with Crippen LogP contribution in [-0.4, -0.2) is 26.8 Å². The Hall–Kier alpha value is -2.59. The highest BCUT2D eigenvalue weighted by atomic mass is 32.2. The number of hydrogen-bond acceptors (Lipinski definition) is 7. The first-order valence-corrected chi connectivity index (χ1v) is 9.62. The van der Waals surface area contributed by atoms with E-state index in [1.54, 1.807) is 6.08 Å². The number of hydrogen-bond donors (Lipinski definition) is 1. The number of carbonyl (C=O) groups is 1. The molecule has 10 heteroatoms. The van der Waals surface area contributed by atoms with Gasteiger partial charge in [-0.2, -0.15) is 0 Å². The number of aromatic nitrogens is 3. The number of aryl methyl sites for hydroxylation is 1. The SMILES string of the molecule is C=CCSc1nnc(NC(=O)CCc2ncc(-c3ccc(F)cc3F)o2)s1. The fraction of sp³-hybridized carbons (Fsp3) is 0.176. The Morgan fingerprint density at radius 3 is 3.00 bits per heavy atom. The first-order valence-electron chi connectivity index (χ1n) is 7.82. The van der Waals surface area contributed by atoms with Gasteiger partial charge in [-0.15, -0.1) is 16.8 Å². The van der Waals surface area contributed by atoms with Gasteiger partial charge in [0.05, 0.1) is 11.8 Å². The van der Waals surface area contributed by atoms with Crippen LogP contribution in [0.15, 0.2) is 45.8 Å². The molecule has 2 heterocycles. The zero-order valence-corrected chi connectivity index (χ0v) is 15.6. The van der Waals surface area contributed by atoms with Crippen molar-refractivity contribution in [2.24, 2.45) is 0 Å². The molecular formula is C17H14F2N4O2S2. The molecule has 140 valence electrons. The molecule has 0 unspecified atom stereocenters. The molecule has 0 fully saturated rings. The van der Waals surface area contributed by atoms with Crippen LogP contribution in [0.2, 0.25) is 0 Å². The van der Waals surface area contributed by atoms with Crippen molar-refractivity contribution in [1.29, 1.82) is 0 Å². The van der Waals surface area contributed by atoms with Crippen LogP contribution in [0.25, 0.3) is 11.3 Å². The van der Waals surface area contributed by atoms with Crippen LogP contribution < -0.4 is 5.32 Å². The normalized spacial score (nSPS) is 10.7. The molecule has 1 N–H and O–H groups in total. The van der Waals surface area contributed by atoms with Gasteiger partial charge in [-0.25, -0.2) is 13.8 Å². The summed E-state index contributed by atoms with van der Waals surface area (Å²) in [4.78, 5) is 16.0. The first kappa shape index (κ1) is 19.2. The Morgan fingerprint density at radius 1 is 1.37 bits per heavy atom. The number of carbonyl (C=O) groups excluding carboxylic acids is 1. The van der Waals surface area contributed by atoms with Gasteiger partial charge in [-0.05, 0) is 12.1 Å². The zero-order chi connectivity index (χ0) is 19.2. The molecule has 0 aliphatic heterocycles. The second kappa shape index (κ2) is 8.87. The topological polar surface area (TPSA) is 80.9 Å². The molecule has 0 saturated carbocycles. The highest BCUT2D eigenvalue weighted by Gasteiger charge is 2.14. The molecule has 3 aromatic rings. The van der Waals surface area contributed by atoms with Crippen molar-refractivity contribution in [3.63, 3.8) is 0 Å². The lowest BCUT2D eigenvalue weighted by Crippen LogP contribution is -2.12. The van der Waals surface area contributed by atoms with Crippen LogP contribution in [0, 0.1) is 11.6 Å². The zero-order valence-electron chi connectivity index (χ0n) is 13.9. The van der Waals surface area contributed by atoms with Crippen molar-refractivity contribution >= 4 is 34.1 Å². The molecule has 0 aliphatic carbocycles. The number of halogens is 2. The van der Waals surface area contributed by atoms with E-state index in [2.05, 4.69) is 27.1 Å². The summed E-state index contributed by atoms with van der Waals surface area (Å²) in [6.45, 7) is 3.63. The molecule has 3 rings (SSSR count). The molecule has 0 atom stereocenters. The van der Waals surface area contributed by atoms with Gasteiger partial charge in [0, 0.05) is 24.7 Å². The number of oxazole rings is 1. The summed E-state index contributed by atoms with van der Waals surface area (Å²) in [5, 5.41) is 10.9. The number of nitrogens with one attached hydrogen (secondary N) is 1. The van der Waals surface area contributed by atoms with E-state index in [0.717, 1.165) is 16.5 Å². The Labute approximate surface area is 161 Å². The van der Waals surface area contributed by atoms with Crippen molar-refractivity contribution < 1.29 is 18.0 Å². The molecular weight excluding hydrogens is 394 g/mol. The Morgan fingerprint density at radius 2 is 2.22 bits per heavy atom. The third-order valence-corrected chi connectivity index (χ3v) is 5.26. The largest absolute Gasteiger partial charge is 0.441 e. The van der Waals surface area contributed by atoms with Gasteiger partial charge in [-0.1, -0.05) is 29.2 Å². The van der Waals surface area contributed by atoms with E-state index in [0.29, 0.717) is 10.9 Å². The minimum Gasteiger partial charge on any atom is -0.441 e. The number of anilines is 1. The summed E-state index contributed by atoms with van der Waals surface area (Å²) in [7, 11) is 0. The van der Waals surface area contributed by atoms with Crippen LogP contribution in [0.3, 0.4) is 0 Å². The molecule has 0 radical (unpaired) electrons. The highest BCUT2D eigenvalue weighted by Crippen LogP contribution is 2.26. The van der Waals surface area contributed by atoms with E-state index in [-0.39, 0.29) is 36.0 Å². The Balaban J connectivity index is 1.54. The van der Waals surface area contributed by atoms with Crippen LogP contribution in [0.1, 0.15) is 12.3 Å². The van der Waals surface area contributed by atoms with E-state index in [1.165, 1.54) is 35.4 Å². The van der Waals surface area contributed by atoms with Gasteiger partial charge < -0.3 is 9.73 Å². The quantitative estimate of drug-likeness (QED) is 0.340. The molecule has 6 nitrogen and oxygen atoms in total. The number of nitrogens with zero attached hydrogens (tertiary/aromatic N) is 3. The van der Waals surface area contributed by atoms with Gasteiger partial charge in [0.25, 0.3) is 0 Å². The lowest BCUT2D eigenvalue weighted by molar-refractivity contribution is -0.116. The molecule has 1 aromatic carbocycles. The van der Waals surface area contributed by atoms with Gasteiger partial charge in [0.2, 0.25) is 11.0 Å². The number of amides is 1. The predicted molar refractivity (Wildman–Crippen MR) is 99.6 cm³/mol. The maximum atomic E-state index is 13.8. The second-order valence-corrected chi connectivity index (χ2v) is 7.51. The molecule has 1 amide bonds. The third-order valence-electron chi connectivity index (χ3n) is 3.29. The molecule has 0 spiro atoms. The van der Waals surface area contributed by atoms with Crippen molar-refractivity contribution in [2.75, 3.05) is 11.1 Å². The van der Waals surface area contributed by atoms with Gasteiger partial charge in [-0.3, -0.25) is 4.79 Å². The number of benzene rings is 1. The average Bonchev–Trinajstić information content (AvgIpc) is 3.28. The standard InChI is InChI=1S/C17H14F2N4O2S2/c1-2-7-26-17-23-22-16(27-17)21-14(24)5-6-15-20-9-13(25-15)11-4-3-10(18)8-12(11)19/h2-4,8-9H,1,5-7H2,(H,21,22,24). The number of rotatable bonds is 8. The maximum absolute atomic E-state index is 13.8. The lowest BCUT2D eigenvalue weighted by Gasteiger charge is -2.00. The van der Waals surface area contributed by atoms with Gasteiger partial charge in [0.15, 0.2) is 16.0 Å². The first-order chi connectivity index (χ1) is 13.0. The molecule has 0 bridgehead atoms. The summed E-state index contributed by atoms with van der Waals surface area (Å²) in [6, 6.07) is 3.19. The fourth-order valence-corrected chi connectivity index (χ4v) is 3.62. The van der Waals surface area contributed by atoms with E-state index in [1.807, 2.05) is 0 Å². The van der Waals surface area contributed by atoms with Gasteiger partial charge in [0.1, 0.15) is 11.6 Å². The van der Waals surface area contributed by atoms with Crippen molar-refractivity contribution in [3.8, 4) is 11.3 Å². The summed E-state index contributed by atoms with van der Waals surface area (Å²) < 4.78 is 32.9. The predicted octanol–water partition coefficient (Wildman–Crippen LogP) is 4.32. The summed E-state index contributed by atoms with van der Waals surface area (Å²) in [5.74, 6) is -0.505. The maximum Gasteiger partial charge on any atom is 0.226 e. The Kier molecular flexibility index (Phi) is 6.30. The van der Waals surface area contributed by atoms with E-state index >= 15 is 0 Å². The fourth-order valence-electron chi connectivity index (χ4n) is 2.09. The highest BCUT2D eigenvalue weighted by molar-refractivity contribution is 8.01. The number of thioether (sulfide) groups is 1. The smallest absolute Gasteiger partial charge is 0.226 e. The molecule has 0 saturated heterocycles. The minimum atomic E-state index is -0.739. The summed E-state index contributed by atoms with van der Waals surface area (Å²) in [5.41, 5.74) is 0.109. The van der Waals surface area contributed by atoms with Crippen LogP contribution in [0.4, 0.5) is 13.9 Å². The third kappa shape index (κ3) is 5.20. The summed E-state index contributed by atoms with van der Waals surface area (Å²) >= 11 is 2.75. The van der Waals surface area contributed by atoms with Crippen molar-refractivity contribution in [2.45, 2.75) is 17.2 Å². The molecule has 27 heavy (non-hydrogen) atoms. The average molecular weight is 408 g/mol. The van der Waals surface area contributed by atoms with Crippen molar-refractivity contribution in [1.82, 2.24) is 15.2 Å². The lowest BCUT2D eigenvalue weighted by atomic mass is 10.2. The van der Waals surface area contributed by atoms with Gasteiger partial charge >= 0.3 is 0 Å².